The maximum atomic E-state index is 12.4. The molecule has 1 amide bonds. The number of para-hydroxylation sites is 1. The van der Waals surface area contributed by atoms with Crippen molar-refractivity contribution in [2.24, 2.45) is 5.10 Å². The zero-order chi connectivity index (χ0) is 22.2. The molecule has 1 aromatic heterocycles. The highest BCUT2D eigenvalue weighted by Crippen LogP contribution is 2.29. The second-order valence-electron chi connectivity index (χ2n) is 6.19. The van der Waals surface area contributed by atoms with Gasteiger partial charge in [0.15, 0.2) is 35.2 Å². The Hall–Kier alpha value is -4.01. The number of esters is 1. The lowest BCUT2D eigenvalue weighted by molar-refractivity contribution is -0.142. The Morgan fingerprint density at radius 3 is 2.65 bits per heavy atom. The molecule has 0 saturated heterocycles. The fourth-order valence-corrected chi connectivity index (χ4v) is 2.72. The molecule has 0 aliphatic rings. The molecular formula is C22H22N2O7. The fourth-order valence-electron chi connectivity index (χ4n) is 2.72. The van der Waals surface area contributed by atoms with E-state index in [0.717, 1.165) is 5.39 Å². The number of hydrogen-bond acceptors (Lipinski definition) is 8. The number of rotatable bonds is 9. The lowest BCUT2D eigenvalue weighted by Gasteiger charge is -2.11. The number of benzene rings is 2. The Balaban J connectivity index is 1.69. The number of fused-ring (bicyclic) bond motifs is 1. The summed E-state index contributed by atoms with van der Waals surface area (Å²) in [6.45, 7) is 2.00. The van der Waals surface area contributed by atoms with Crippen molar-refractivity contribution in [3.63, 3.8) is 0 Å². The average Bonchev–Trinajstić information content (AvgIpc) is 3.23. The van der Waals surface area contributed by atoms with Crippen LogP contribution in [0.4, 0.5) is 0 Å². The summed E-state index contributed by atoms with van der Waals surface area (Å²) in [4.78, 5) is 23.6. The van der Waals surface area contributed by atoms with Crippen molar-refractivity contribution < 1.29 is 33.0 Å². The third kappa shape index (κ3) is 5.33. The SMILES string of the molecule is CCOc1cc(/C=N\NC(=O)c2cc3cccc(OC)c3o2)ccc1OCC(=O)OC. The molecule has 9 heteroatoms. The van der Waals surface area contributed by atoms with Crippen LogP contribution in [0.5, 0.6) is 17.2 Å². The van der Waals surface area contributed by atoms with E-state index >= 15 is 0 Å². The lowest BCUT2D eigenvalue weighted by atomic mass is 10.2. The standard InChI is InChI=1S/C22H22N2O7/c1-4-29-18-10-14(8-9-16(18)30-13-20(25)28-3)12-23-24-22(26)19-11-15-6-5-7-17(27-2)21(15)31-19/h5-12H,4,13H2,1-3H3,(H,24,26)/b23-12-. The van der Waals surface area contributed by atoms with Crippen LogP contribution in [0.2, 0.25) is 0 Å². The van der Waals surface area contributed by atoms with Gasteiger partial charge in [0.25, 0.3) is 0 Å². The van der Waals surface area contributed by atoms with E-state index in [-0.39, 0.29) is 12.4 Å². The van der Waals surface area contributed by atoms with Crippen molar-refractivity contribution in [1.82, 2.24) is 5.43 Å². The first-order valence-corrected chi connectivity index (χ1v) is 9.42. The first kappa shape index (κ1) is 21.7. The smallest absolute Gasteiger partial charge is 0.343 e. The van der Waals surface area contributed by atoms with E-state index in [1.54, 1.807) is 30.3 Å². The number of nitrogens with one attached hydrogen (secondary N) is 1. The normalized spacial score (nSPS) is 10.8. The minimum atomic E-state index is -0.502. The van der Waals surface area contributed by atoms with Gasteiger partial charge in [-0.3, -0.25) is 4.79 Å². The summed E-state index contributed by atoms with van der Waals surface area (Å²) in [7, 11) is 2.81. The Bertz CT molecular complexity index is 1100. The molecule has 3 aromatic rings. The monoisotopic (exact) mass is 426 g/mol. The van der Waals surface area contributed by atoms with Crippen LogP contribution in [0, 0.1) is 0 Å². The van der Waals surface area contributed by atoms with Gasteiger partial charge in [-0.05, 0) is 42.8 Å². The summed E-state index contributed by atoms with van der Waals surface area (Å²) >= 11 is 0. The van der Waals surface area contributed by atoms with Gasteiger partial charge in [0, 0.05) is 5.39 Å². The number of ether oxygens (including phenoxy) is 4. The van der Waals surface area contributed by atoms with E-state index < -0.39 is 11.9 Å². The molecule has 0 aliphatic carbocycles. The van der Waals surface area contributed by atoms with Crippen molar-refractivity contribution in [2.45, 2.75) is 6.92 Å². The van der Waals surface area contributed by atoms with Crippen LogP contribution in [0.3, 0.4) is 0 Å². The summed E-state index contributed by atoms with van der Waals surface area (Å²) in [6, 6.07) is 12.0. The van der Waals surface area contributed by atoms with E-state index in [9.17, 15) is 9.59 Å². The zero-order valence-corrected chi connectivity index (χ0v) is 17.3. The van der Waals surface area contributed by atoms with Gasteiger partial charge in [-0.15, -0.1) is 0 Å². The highest BCUT2D eigenvalue weighted by atomic mass is 16.6. The van der Waals surface area contributed by atoms with Crippen molar-refractivity contribution in [2.75, 3.05) is 27.4 Å². The minimum absolute atomic E-state index is 0.109. The third-order valence-corrected chi connectivity index (χ3v) is 4.17. The molecule has 1 N–H and O–H groups in total. The number of nitrogens with zero attached hydrogens (tertiary/aromatic N) is 1. The molecular weight excluding hydrogens is 404 g/mol. The van der Waals surface area contributed by atoms with E-state index in [1.165, 1.54) is 20.4 Å². The molecule has 3 rings (SSSR count). The van der Waals surface area contributed by atoms with E-state index in [1.807, 2.05) is 19.1 Å². The van der Waals surface area contributed by atoms with Crippen molar-refractivity contribution in [3.8, 4) is 17.2 Å². The zero-order valence-electron chi connectivity index (χ0n) is 17.3. The summed E-state index contributed by atoms with van der Waals surface area (Å²) in [5, 5.41) is 4.71. The van der Waals surface area contributed by atoms with E-state index in [2.05, 4.69) is 15.3 Å². The quantitative estimate of drug-likeness (QED) is 0.318. The number of amides is 1. The van der Waals surface area contributed by atoms with Gasteiger partial charge in [0.05, 0.1) is 27.0 Å². The Morgan fingerprint density at radius 1 is 1.06 bits per heavy atom. The van der Waals surface area contributed by atoms with Crippen LogP contribution in [0.25, 0.3) is 11.0 Å². The van der Waals surface area contributed by atoms with E-state index in [4.69, 9.17) is 18.6 Å². The van der Waals surface area contributed by atoms with Crippen molar-refractivity contribution in [1.29, 1.82) is 0 Å². The maximum Gasteiger partial charge on any atom is 0.343 e. The maximum absolute atomic E-state index is 12.4. The number of carbonyl (C=O) groups is 2. The summed E-state index contributed by atoms with van der Waals surface area (Å²) in [6.07, 6.45) is 1.45. The molecule has 0 saturated carbocycles. The second kappa shape index (κ2) is 10.1. The Morgan fingerprint density at radius 2 is 1.90 bits per heavy atom. The van der Waals surface area contributed by atoms with Crippen LogP contribution in [-0.2, 0) is 9.53 Å². The first-order valence-electron chi connectivity index (χ1n) is 9.42. The van der Waals surface area contributed by atoms with Gasteiger partial charge < -0.3 is 23.4 Å². The van der Waals surface area contributed by atoms with Crippen molar-refractivity contribution >= 4 is 29.1 Å². The van der Waals surface area contributed by atoms with Crippen LogP contribution >= 0.6 is 0 Å². The minimum Gasteiger partial charge on any atom is -0.493 e. The predicted octanol–water partition coefficient (Wildman–Crippen LogP) is 3.16. The topological polar surface area (TPSA) is 109 Å². The molecule has 31 heavy (non-hydrogen) atoms. The largest absolute Gasteiger partial charge is 0.493 e. The summed E-state index contributed by atoms with van der Waals surface area (Å²) in [5.74, 6) is 0.475. The number of hydrazone groups is 1. The van der Waals surface area contributed by atoms with Gasteiger partial charge in [0.1, 0.15) is 0 Å². The van der Waals surface area contributed by atoms with Gasteiger partial charge in [-0.2, -0.15) is 5.10 Å². The summed E-state index contributed by atoms with van der Waals surface area (Å²) < 4.78 is 26.3. The van der Waals surface area contributed by atoms with Crippen molar-refractivity contribution in [3.05, 3.63) is 53.8 Å². The lowest BCUT2D eigenvalue weighted by Crippen LogP contribution is -2.16. The average molecular weight is 426 g/mol. The molecule has 162 valence electrons. The molecule has 9 nitrogen and oxygen atoms in total. The molecule has 0 spiro atoms. The number of carbonyl (C=O) groups excluding carboxylic acids is 2. The van der Waals surface area contributed by atoms with Crippen LogP contribution < -0.4 is 19.6 Å². The number of hydrogen-bond donors (Lipinski definition) is 1. The molecule has 0 radical (unpaired) electrons. The first-order chi connectivity index (χ1) is 15.0. The molecule has 2 aromatic carbocycles. The molecule has 0 aliphatic heterocycles. The van der Waals surface area contributed by atoms with Gasteiger partial charge >= 0.3 is 11.9 Å². The molecule has 0 bridgehead atoms. The fraction of sp³-hybridized carbons (Fsp3) is 0.227. The third-order valence-electron chi connectivity index (χ3n) is 4.17. The summed E-state index contributed by atoms with van der Waals surface area (Å²) in [5.41, 5.74) is 3.56. The predicted molar refractivity (Wildman–Crippen MR) is 113 cm³/mol. The number of methoxy groups -OCH3 is 2. The molecule has 0 atom stereocenters. The Kier molecular flexibility index (Phi) is 7.10. The van der Waals surface area contributed by atoms with Crippen LogP contribution in [-0.4, -0.2) is 45.5 Å². The van der Waals surface area contributed by atoms with Crippen LogP contribution in [0.1, 0.15) is 23.0 Å². The molecule has 1 heterocycles. The number of furan rings is 1. The molecule has 0 unspecified atom stereocenters. The van der Waals surface area contributed by atoms with E-state index in [0.29, 0.717) is 35.0 Å². The van der Waals surface area contributed by atoms with Gasteiger partial charge in [-0.25, -0.2) is 10.2 Å². The molecule has 0 fully saturated rings. The van der Waals surface area contributed by atoms with Gasteiger partial charge in [0.2, 0.25) is 0 Å². The highest BCUT2D eigenvalue weighted by Gasteiger charge is 2.14. The highest BCUT2D eigenvalue weighted by molar-refractivity contribution is 5.97. The van der Waals surface area contributed by atoms with Gasteiger partial charge in [-0.1, -0.05) is 12.1 Å². The second-order valence-corrected chi connectivity index (χ2v) is 6.19. The Labute approximate surface area is 178 Å². The van der Waals surface area contributed by atoms with Crippen LogP contribution in [0.15, 0.2) is 52.0 Å².